The SMILES string of the molecule is CN(C)CCNc1cc(F)cc(-c2nccc3[nH]c(-c4n[nH]c5ccc(-c6cncc(CN7CCCCC7)c6)nc45)cc23)c1. The third-order valence-corrected chi connectivity index (χ3v) is 8.22. The van der Waals surface area contributed by atoms with Crippen molar-refractivity contribution < 1.29 is 4.39 Å². The molecule has 6 heterocycles. The zero-order valence-electron chi connectivity index (χ0n) is 25.1. The van der Waals surface area contributed by atoms with Crippen molar-refractivity contribution in [3.63, 3.8) is 0 Å². The molecule has 1 aromatic carbocycles. The zero-order chi connectivity index (χ0) is 30.0. The summed E-state index contributed by atoms with van der Waals surface area (Å²) in [4.78, 5) is 22.3. The summed E-state index contributed by atoms with van der Waals surface area (Å²) in [5.41, 5.74) is 9.18. The lowest BCUT2D eigenvalue weighted by Crippen LogP contribution is -2.29. The molecule has 9 nitrogen and oxygen atoms in total. The fourth-order valence-corrected chi connectivity index (χ4v) is 6.00. The van der Waals surface area contributed by atoms with Crippen LogP contribution in [0.5, 0.6) is 0 Å². The molecule has 0 unspecified atom stereocenters. The number of anilines is 1. The first-order chi connectivity index (χ1) is 21.5. The largest absolute Gasteiger partial charge is 0.384 e. The summed E-state index contributed by atoms with van der Waals surface area (Å²) in [5.74, 6) is -0.311. The summed E-state index contributed by atoms with van der Waals surface area (Å²) in [6, 6.07) is 15.1. The number of aromatic nitrogens is 6. The third-order valence-electron chi connectivity index (χ3n) is 8.22. The summed E-state index contributed by atoms with van der Waals surface area (Å²) < 4.78 is 14.7. The van der Waals surface area contributed by atoms with Crippen molar-refractivity contribution in [2.75, 3.05) is 45.6 Å². The van der Waals surface area contributed by atoms with Crippen LogP contribution in [0.2, 0.25) is 0 Å². The van der Waals surface area contributed by atoms with Crippen molar-refractivity contribution in [3.8, 4) is 33.9 Å². The van der Waals surface area contributed by atoms with E-state index in [2.05, 4.69) is 46.3 Å². The molecule has 10 heteroatoms. The Hall–Kier alpha value is -4.67. The normalized spacial score (nSPS) is 14.2. The molecule has 3 N–H and O–H groups in total. The van der Waals surface area contributed by atoms with Gasteiger partial charge in [0.2, 0.25) is 0 Å². The van der Waals surface area contributed by atoms with Gasteiger partial charge in [0.1, 0.15) is 17.0 Å². The second-order valence-corrected chi connectivity index (χ2v) is 11.8. The number of likely N-dealkylation sites (N-methyl/N-ethyl adjacent to an activating group) is 1. The van der Waals surface area contributed by atoms with Gasteiger partial charge in [0, 0.05) is 65.9 Å². The van der Waals surface area contributed by atoms with Crippen LogP contribution >= 0.6 is 0 Å². The molecule has 1 aliphatic rings. The van der Waals surface area contributed by atoms with E-state index in [-0.39, 0.29) is 5.82 Å². The summed E-state index contributed by atoms with van der Waals surface area (Å²) in [5, 5.41) is 12.0. The molecule has 7 rings (SSSR count). The van der Waals surface area contributed by atoms with Crippen molar-refractivity contribution in [3.05, 3.63) is 78.5 Å². The number of hydrogen-bond donors (Lipinski definition) is 3. The van der Waals surface area contributed by atoms with Crippen LogP contribution in [-0.2, 0) is 6.54 Å². The molecule has 5 aromatic heterocycles. The molecule has 0 amide bonds. The van der Waals surface area contributed by atoms with Crippen molar-refractivity contribution in [2.24, 2.45) is 0 Å². The highest BCUT2D eigenvalue weighted by molar-refractivity contribution is 5.99. The van der Waals surface area contributed by atoms with Crippen LogP contribution in [-0.4, -0.2) is 80.2 Å². The lowest BCUT2D eigenvalue weighted by molar-refractivity contribution is 0.220. The minimum absolute atomic E-state index is 0.311. The van der Waals surface area contributed by atoms with Gasteiger partial charge in [-0.2, -0.15) is 5.10 Å². The average Bonchev–Trinajstić information content (AvgIpc) is 3.65. The summed E-state index contributed by atoms with van der Waals surface area (Å²) in [7, 11) is 4.02. The number of fused-ring (bicyclic) bond motifs is 2. The number of aromatic amines is 2. The monoisotopic (exact) mass is 589 g/mol. The number of H-pyrrole nitrogens is 2. The van der Waals surface area contributed by atoms with Gasteiger partial charge in [-0.3, -0.25) is 20.0 Å². The van der Waals surface area contributed by atoms with Crippen LogP contribution in [0.3, 0.4) is 0 Å². The van der Waals surface area contributed by atoms with E-state index in [4.69, 9.17) is 4.98 Å². The van der Waals surface area contributed by atoms with Crippen LogP contribution < -0.4 is 5.32 Å². The van der Waals surface area contributed by atoms with Crippen molar-refractivity contribution in [1.82, 2.24) is 39.9 Å². The van der Waals surface area contributed by atoms with Gasteiger partial charge >= 0.3 is 0 Å². The molecular formula is C34H36FN9. The van der Waals surface area contributed by atoms with E-state index in [1.807, 2.05) is 56.8 Å². The van der Waals surface area contributed by atoms with E-state index in [1.54, 1.807) is 6.20 Å². The Kier molecular flexibility index (Phi) is 7.76. The fraction of sp³-hybridized carbons (Fsp3) is 0.294. The van der Waals surface area contributed by atoms with Gasteiger partial charge in [-0.1, -0.05) is 6.42 Å². The van der Waals surface area contributed by atoms with Crippen molar-refractivity contribution >= 4 is 27.6 Å². The van der Waals surface area contributed by atoms with Crippen LogP contribution in [0.4, 0.5) is 10.1 Å². The second-order valence-electron chi connectivity index (χ2n) is 11.8. The van der Waals surface area contributed by atoms with Crippen LogP contribution in [0.1, 0.15) is 24.8 Å². The highest BCUT2D eigenvalue weighted by atomic mass is 19.1. The Morgan fingerprint density at radius 1 is 0.932 bits per heavy atom. The van der Waals surface area contributed by atoms with Crippen LogP contribution in [0, 0.1) is 5.82 Å². The van der Waals surface area contributed by atoms with Gasteiger partial charge in [0.25, 0.3) is 0 Å². The number of likely N-dealkylation sites (tertiary alicyclic amines) is 1. The third kappa shape index (κ3) is 5.91. The van der Waals surface area contributed by atoms with Gasteiger partial charge in [0.15, 0.2) is 0 Å². The molecule has 1 saturated heterocycles. The first-order valence-corrected chi connectivity index (χ1v) is 15.2. The summed E-state index contributed by atoms with van der Waals surface area (Å²) in [6.45, 7) is 4.74. The van der Waals surface area contributed by atoms with Crippen LogP contribution in [0.25, 0.3) is 55.8 Å². The minimum Gasteiger partial charge on any atom is -0.384 e. The summed E-state index contributed by atoms with van der Waals surface area (Å²) >= 11 is 0. The lowest BCUT2D eigenvalue weighted by atomic mass is 10.1. The Morgan fingerprint density at radius 3 is 2.68 bits per heavy atom. The molecule has 0 radical (unpaired) electrons. The van der Waals surface area contributed by atoms with E-state index in [0.29, 0.717) is 23.5 Å². The van der Waals surface area contributed by atoms with E-state index in [1.165, 1.54) is 37.0 Å². The standard InChI is InChI=1S/C34H36FN9/c1-43(2)13-10-37-26-16-23(15-25(35)17-26)32-27-18-31(39-29(27)8-9-38-32)34-33-30(41-42-34)7-6-28(40-33)24-14-22(19-36-20-24)21-44-11-4-3-5-12-44/h6-9,14-20,37,39H,3-5,10-13,21H2,1-2H3,(H,41,42). The number of piperidine rings is 1. The minimum atomic E-state index is -0.311. The van der Waals surface area contributed by atoms with Gasteiger partial charge in [0.05, 0.1) is 22.6 Å². The lowest BCUT2D eigenvalue weighted by Gasteiger charge is -2.26. The Bertz CT molecular complexity index is 1920. The molecule has 0 bridgehead atoms. The van der Waals surface area contributed by atoms with E-state index < -0.39 is 0 Å². The molecule has 1 aliphatic heterocycles. The van der Waals surface area contributed by atoms with Gasteiger partial charge < -0.3 is 15.2 Å². The fourth-order valence-electron chi connectivity index (χ4n) is 6.00. The topological polar surface area (TPSA) is 102 Å². The number of nitrogens with one attached hydrogen (secondary N) is 3. The molecule has 224 valence electrons. The second kappa shape index (κ2) is 12.1. The number of pyridine rings is 3. The Balaban J connectivity index is 1.21. The van der Waals surface area contributed by atoms with E-state index in [9.17, 15) is 4.39 Å². The maximum Gasteiger partial charge on any atom is 0.135 e. The first kappa shape index (κ1) is 28.1. The molecule has 0 saturated carbocycles. The number of hydrogen-bond acceptors (Lipinski definition) is 7. The number of benzene rings is 1. The molecule has 0 aliphatic carbocycles. The van der Waals surface area contributed by atoms with Gasteiger partial charge in [-0.25, -0.2) is 9.37 Å². The predicted octanol–water partition coefficient (Wildman–Crippen LogP) is 6.33. The smallest absolute Gasteiger partial charge is 0.135 e. The number of halogens is 1. The summed E-state index contributed by atoms with van der Waals surface area (Å²) in [6.07, 6.45) is 9.41. The highest BCUT2D eigenvalue weighted by Crippen LogP contribution is 2.34. The molecular weight excluding hydrogens is 553 g/mol. The maximum absolute atomic E-state index is 14.7. The predicted molar refractivity (Wildman–Crippen MR) is 174 cm³/mol. The molecule has 0 spiro atoms. The maximum atomic E-state index is 14.7. The zero-order valence-corrected chi connectivity index (χ0v) is 25.1. The van der Waals surface area contributed by atoms with Gasteiger partial charge in [-0.05, 0) is 94.1 Å². The first-order valence-electron chi connectivity index (χ1n) is 15.2. The van der Waals surface area contributed by atoms with E-state index >= 15 is 0 Å². The highest BCUT2D eigenvalue weighted by Gasteiger charge is 2.17. The quantitative estimate of drug-likeness (QED) is 0.181. The van der Waals surface area contributed by atoms with Gasteiger partial charge in [-0.15, -0.1) is 0 Å². The Morgan fingerprint density at radius 2 is 1.82 bits per heavy atom. The molecule has 44 heavy (non-hydrogen) atoms. The molecule has 6 aromatic rings. The Labute approximate surface area is 255 Å². The van der Waals surface area contributed by atoms with E-state index in [0.717, 1.165) is 70.8 Å². The van der Waals surface area contributed by atoms with Crippen LogP contribution in [0.15, 0.2) is 67.1 Å². The average molecular weight is 590 g/mol. The number of rotatable bonds is 9. The number of nitrogens with zero attached hydrogens (tertiary/aromatic N) is 6. The van der Waals surface area contributed by atoms with Crippen molar-refractivity contribution in [2.45, 2.75) is 25.8 Å². The van der Waals surface area contributed by atoms with Crippen molar-refractivity contribution in [1.29, 1.82) is 0 Å². The molecule has 0 atom stereocenters. The molecule has 1 fully saturated rings.